The van der Waals surface area contributed by atoms with Crippen molar-refractivity contribution in [2.24, 2.45) is 0 Å². The van der Waals surface area contributed by atoms with Gasteiger partial charge in [-0.1, -0.05) is 0 Å². The minimum absolute atomic E-state index is 0.106. The lowest BCUT2D eigenvalue weighted by atomic mass is 10.1. The second kappa shape index (κ2) is 7.88. The highest BCUT2D eigenvalue weighted by molar-refractivity contribution is 7.98. The Morgan fingerprint density at radius 1 is 1.17 bits per heavy atom. The van der Waals surface area contributed by atoms with Gasteiger partial charge in [0.25, 0.3) is 0 Å². The molecule has 0 aliphatic heterocycles. The number of benzene rings is 2. The largest absolute Gasteiger partial charge is 0.478 e. The molecule has 0 saturated heterocycles. The molecule has 1 N–H and O–H groups in total. The normalized spacial score (nSPS) is 10.3. The number of carbonyl (C=O) groups excluding carboxylic acids is 1. The Labute approximate surface area is 145 Å². The molecule has 0 spiro atoms. The molecule has 0 atom stereocenters. The van der Waals surface area contributed by atoms with Crippen LogP contribution < -0.4 is 4.74 Å². The van der Waals surface area contributed by atoms with Gasteiger partial charge in [-0.3, -0.25) is 4.79 Å². The molecule has 0 aliphatic rings. The van der Waals surface area contributed by atoms with E-state index in [2.05, 4.69) is 0 Å². The van der Waals surface area contributed by atoms with Gasteiger partial charge in [0.15, 0.2) is 0 Å². The highest BCUT2D eigenvalue weighted by Gasteiger charge is 2.13. The van der Waals surface area contributed by atoms with Crippen molar-refractivity contribution in [1.82, 2.24) is 4.90 Å². The smallest absolute Gasteiger partial charge is 0.335 e. The Balaban J connectivity index is 2.32. The van der Waals surface area contributed by atoms with Crippen LogP contribution in [0.15, 0.2) is 47.4 Å². The molecule has 126 valence electrons. The first-order valence-electron chi connectivity index (χ1n) is 7.30. The maximum Gasteiger partial charge on any atom is 0.335 e. The molecule has 0 heterocycles. The third kappa shape index (κ3) is 4.52. The molecule has 0 bridgehead atoms. The summed E-state index contributed by atoms with van der Waals surface area (Å²) in [6.45, 7) is 1.73. The number of nitrogens with zero attached hydrogens (tertiary/aromatic N) is 1. The van der Waals surface area contributed by atoms with Gasteiger partial charge in [0.05, 0.1) is 5.56 Å². The van der Waals surface area contributed by atoms with Crippen LogP contribution in [0.5, 0.6) is 11.5 Å². The lowest BCUT2D eigenvalue weighted by Gasteiger charge is -2.18. The maximum absolute atomic E-state index is 11.5. The lowest BCUT2D eigenvalue weighted by molar-refractivity contribution is -0.128. The molecule has 0 fully saturated rings. The molecule has 0 saturated carbocycles. The van der Waals surface area contributed by atoms with Crippen molar-refractivity contribution in [3.05, 3.63) is 53.6 Å². The topological polar surface area (TPSA) is 66.8 Å². The predicted octanol–water partition coefficient (Wildman–Crippen LogP) is 3.88. The second-order valence-corrected chi connectivity index (χ2v) is 6.16. The Hall–Kier alpha value is -2.47. The zero-order chi connectivity index (χ0) is 17.7. The standard InChI is InChI=1S/C18H19NO4S/c1-12(20)19(2)11-14-10-13(18(21)22)4-9-17(14)23-15-5-7-16(24-3)8-6-15/h4-10H,11H2,1-3H3,(H,21,22). The fraction of sp³-hybridized carbons (Fsp3) is 0.222. The van der Waals surface area contributed by atoms with Crippen molar-refractivity contribution in [2.45, 2.75) is 18.4 Å². The maximum atomic E-state index is 11.5. The molecule has 24 heavy (non-hydrogen) atoms. The van der Waals surface area contributed by atoms with Crippen molar-refractivity contribution < 1.29 is 19.4 Å². The molecular weight excluding hydrogens is 326 g/mol. The Kier molecular flexibility index (Phi) is 5.87. The van der Waals surface area contributed by atoms with Crippen LogP contribution >= 0.6 is 11.8 Å². The van der Waals surface area contributed by atoms with Crippen molar-refractivity contribution in [2.75, 3.05) is 13.3 Å². The summed E-state index contributed by atoms with van der Waals surface area (Å²) in [5.74, 6) is 0.0659. The van der Waals surface area contributed by atoms with Crippen molar-refractivity contribution in [3.8, 4) is 11.5 Å². The van der Waals surface area contributed by atoms with E-state index in [1.165, 1.54) is 24.0 Å². The van der Waals surface area contributed by atoms with Gasteiger partial charge in [-0.25, -0.2) is 4.79 Å². The van der Waals surface area contributed by atoms with Crippen LogP contribution in [0, 0.1) is 0 Å². The van der Waals surface area contributed by atoms with E-state index in [1.807, 2.05) is 30.5 Å². The fourth-order valence-electron chi connectivity index (χ4n) is 2.07. The minimum atomic E-state index is -1.02. The number of hydrogen-bond acceptors (Lipinski definition) is 4. The van der Waals surface area contributed by atoms with Crippen LogP contribution in [0.1, 0.15) is 22.8 Å². The Morgan fingerprint density at radius 2 is 1.83 bits per heavy atom. The first-order chi connectivity index (χ1) is 11.4. The van der Waals surface area contributed by atoms with E-state index in [4.69, 9.17) is 9.84 Å². The van der Waals surface area contributed by atoms with Crippen LogP contribution in [0.3, 0.4) is 0 Å². The summed E-state index contributed by atoms with van der Waals surface area (Å²) in [6, 6.07) is 12.3. The zero-order valence-corrected chi connectivity index (χ0v) is 14.6. The van der Waals surface area contributed by atoms with E-state index >= 15 is 0 Å². The number of hydrogen-bond donors (Lipinski definition) is 1. The van der Waals surface area contributed by atoms with E-state index in [0.29, 0.717) is 17.1 Å². The number of carboxylic acids is 1. The fourth-order valence-corrected chi connectivity index (χ4v) is 2.48. The summed E-state index contributed by atoms with van der Waals surface area (Å²) in [5.41, 5.74) is 0.800. The van der Waals surface area contributed by atoms with Crippen LogP contribution in [-0.2, 0) is 11.3 Å². The van der Waals surface area contributed by atoms with Crippen molar-refractivity contribution in [1.29, 1.82) is 0 Å². The predicted molar refractivity (Wildman–Crippen MR) is 93.8 cm³/mol. The molecule has 2 aromatic rings. The van der Waals surface area contributed by atoms with Gasteiger partial charge < -0.3 is 14.7 Å². The number of carboxylic acid groups (broad SMARTS) is 1. The monoisotopic (exact) mass is 345 g/mol. The molecule has 0 unspecified atom stereocenters. The second-order valence-electron chi connectivity index (χ2n) is 5.28. The van der Waals surface area contributed by atoms with Gasteiger partial charge in [-0.05, 0) is 48.7 Å². The van der Waals surface area contributed by atoms with Crippen LogP contribution in [0.25, 0.3) is 0 Å². The first-order valence-corrected chi connectivity index (χ1v) is 8.53. The molecule has 1 amide bonds. The van der Waals surface area contributed by atoms with Gasteiger partial charge in [-0.15, -0.1) is 11.8 Å². The average molecular weight is 345 g/mol. The molecule has 2 aromatic carbocycles. The zero-order valence-electron chi connectivity index (χ0n) is 13.8. The van der Waals surface area contributed by atoms with Gasteiger partial charge in [0.2, 0.25) is 5.91 Å². The van der Waals surface area contributed by atoms with Gasteiger partial charge in [-0.2, -0.15) is 0 Å². The summed E-state index contributed by atoms with van der Waals surface area (Å²) in [5, 5.41) is 9.17. The summed E-state index contributed by atoms with van der Waals surface area (Å²) in [4.78, 5) is 25.3. The van der Waals surface area contributed by atoms with Crippen molar-refractivity contribution in [3.63, 3.8) is 0 Å². The van der Waals surface area contributed by atoms with E-state index in [-0.39, 0.29) is 18.0 Å². The van der Waals surface area contributed by atoms with E-state index < -0.39 is 5.97 Å². The molecule has 0 aliphatic carbocycles. The SMILES string of the molecule is CSc1ccc(Oc2ccc(C(=O)O)cc2CN(C)C(C)=O)cc1. The molecular formula is C18H19NO4S. The summed E-state index contributed by atoms with van der Waals surface area (Å²) in [6.07, 6.45) is 2.00. The third-order valence-corrected chi connectivity index (χ3v) is 4.28. The van der Waals surface area contributed by atoms with Crippen LogP contribution in [-0.4, -0.2) is 35.2 Å². The Morgan fingerprint density at radius 3 is 2.38 bits per heavy atom. The number of aromatic carboxylic acids is 1. The number of carbonyl (C=O) groups is 2. The summed E-state index contributed by atoms with van der Waals surface area (Å²) in [7, 11) is 1.66. The molecule has 2 rings (SSSR count). The highest BCUT2D eigenvalue weighted by atomic mass is 32.2. The molecule has 0 aromatic heterocycles. The first kappa shape index (κ1) is 17.9. The highest BCUT2D eigenvalue weighted by Crippen LogP contribution is 2.29. The van der Waals surface area contributed by atoms with E-state index in [9.17, 15) is 9.59 Å². The molecule has 6 heteroatoms. The van der Waals surface area contributed by atoms with Crippen LogP contribution in [0.2, 0.25) is 0 Å². The third-order valence-electron chi connectivity index (χ3n) is 3.54. The average Bonchev–Trinajstić information content (AvgIpc) is 2.56. The number of ether oxygens (including phenoxy) is 1. The van der Waals surface area contributed by atoms with Crippen LogP contribution in [0.4, 0.5) is 0 Å². The quantitative estimate of drug-likeness (QED) is 0.805. The Bertz CT molecular complexity index is 743. The minimum Gasteiger partial charge on any atom is -0.478 e. The van der Waals surface area contributed by atoms with Gasteiger partial charge in [0.1, 0.15) is 11.5 Å². The molecule has 0 radical (unpaired) electrons. The van der Waals surface area contributed by atoms with Gasteiger partial charge in [0, 0.05) is 31.0 Å². The number of amides is 1. The van der Waals surface area contributed by atoms with Gasteiger partial charge >= 0.3 is 5.97 Å². The molecule has 5 nitrogen and oxygen atoms in total. The number of rotatable bonds is 6. The van der Waals surface area contributed by atoms with E-state index in [1.54, 1.807) is 24.9 Å². The van der Waals surface area contributed by atoms with Crippen molar-refractivity contribution >= 4 is 23.6 Å². The lowest BCUT2D eigenvalue weighted by Crippen LogP contribution is -2.23. The van der Waals surface area contributed by atoms with E-state index in [0.717, 1.165) is 4.90 Å². The summed E-state index contributed by atoms with van der Waals surface area (Å²) >= 11 is 1.64. The number of thioether (sulfide) groups is 1. The summed E-state index contributed by atoms with van der Waals surface area (Å²) < 4.78 is 5.88.